The Morgan fingerprint density at radius 1 is 1.54 bits per heavy atom. The molecule has 0 aromatic carbocycles. The number of rotatable bonds is 3. The second-order valence-electron chi connectivity index (χ2n) is 2.36. The maximum Gasteiger partial charge on any atom is 0.264 e. The molecule has 1 rings (SSSR count). The summed E-state index contributed by atoms with van der Waals surface area (Å²) in [6, 6.07) is 1.04. The fourth-order valence-electron chi connectivity index (χ4n) is 0.905. The fraction of sp³-hybridized carbons (Fsp3) is 0.375. The molecule has 2 nitrogen and oxygen atoms in total. The van der Waals surface area contributed by atoms with E-state index in [-0.39, 0.29) is 17.0 Å². The number of hydrogen-bond acceptors (Lipinski definition) is 2. The summed E-state index contributed by atoms with van der Waals surface area (Å²) in [4.78, 5) is 3.62. The van der Waals surface area contributed by atoms with Crippen molar-refractivity contribution in [3.8, 4) is 5.88 Å². The molecule has 72 valence electrons. The van der Waals surface area contributed by atoms with E-state index < -0.39 is 13.1 Å². The Hall–Kier alpha value is -1.26. The van der Waals surface area contributed by atoms with Gasteiger partial charge in [-0.25, -0.2) is 18.2 Å². The first-order valence-corrected chi connectivity index (χ1v) is 3.56. The minimum Gasteiger partial charge on any atom is -0.481 e. The molecule has 0 amide bonds. The molecule has 0 saturated carbocycles. The van der Waals surface area contributed by atoms with Crippen LogP contribution in [0.4, 0.5) is 13.2 Å². The molecular formula is C8H8F3NO. The molecule has 0 aliphatic heterocycles. The normalized spacial score (nSPS) is 10.5. The summed E-state index contributed by atoms with van der Waals surface area (Å²) in [5.41, 5.74) is -0.467. The zero-order valence-electron chi connectivity index (χ0n) is 6.93. The lowest BCUT2D eigenvalue weighted by Gasteiger charge is -2.06. The van der Waals surface area contributed by atoms with Crippen LogP contribution in [0.5, 0.6) is 5.88 Å². The molecule has 0 spiro atoms. The van der Waals surface area contributed by atoms with E-state index in [1.165, 1.54) is 7.11 Å². The van der Waals surface area contributed by atoms with Crippen LogP contribution < -0.4 is 4.74 Å². The summed E-state index contributed by atoms with van der Waals surface area (Å²) in [5.74, 6) is 0.0625. The van der Waals surface area contributed by atoms with Crippen LogP contribution in [0.1, 0.15) is 17.6 Å². The molecule has 1 aromatic rings. The Labute approximate surface area is 73.4 Å². The van der Waals surface area contributed by atoms with Gasteiger partial charge in [-0.3, -0.25) is 0 Å². The van der Waals surface area contributed by atoms with E-state index in [2.05, 4.69) is 9.72 Å². The molecule has 0 atom stereocenters. The third kappa shape index (κ3) is 2.11. The van der Waals surface area contributed by atoms with Crippen molar-refractivity contribution in [3.63, 3.8) is 0 Å². The molecule has 0 N–H and O–H groups in total. The van der Waals surface area contributed by atoms with Crippen molar-refractivity contribution >= 4 is 0 Å². The third-order valence-corrected chi connectivity index (χ3v) is 1.59. The number of pyridine rings is 1. The van der Waals surface area contributed by atoms with Gasteiger partial charge in [0.15, 0.2) is 0 Å². The number of aromatic nitrogens is 1. The highest BCUT2D eigenvalue weighted by atomic mass is 19.3. The van der Waals surface area contributed by atoms with Gasteiger partial charge in [-0.2, -0.15) is 0 Å². The average Bonchev–Trinajstić information content (AvgIpc) is 2.16. The van der Waals surface area contributed by atoms with E-state index >= 15 is 0 Å². The highest BCUT2D eigenvalue weighted by molar-refractivity contribution is 5.29. The molecular weight excluding hydrogens is 183 g/mol. The van der Waals surface area contributed by atoms with Gasteiger partial charge in [0.1, 0.15) is 6.67 Å². The highest BCUT2D eigenvalue weighted by Gasteiger charge is 2.14. The van der Waals surface area contributed by atoms with Gasteiger partial charge in [-0.05, 0) is 0 Å². The van der Waals surface area contributed by atoms with Gasteiger partial charge in [0.2, 0.25) is 5.88 Å². The lowest BCUT2D eigenvalue weighted by molar-refractivity contribution is 0.148. The smallest absolute Gasteiger partial charge is 0.264 e. The summed E-state index contributed by atoms with van der Waals surface area (Å²) in [6.45, 7) is -0.948. The van der Waals surface area contributed by atoms with Gasteiger partial charge in [0.25, 0.3) is 6.43 Å². The minimum absolute atomic E-state index is 0.0625. The van der Waals surface area contributed by atoms with Gasteiger partial charge < -0.3 is 4.74 Å². The summed E-state index contributed by atoms with van der Waals surface area (Å²) >= 11 is 0. The van der Waals surface area contributed by atoms with Crippen molar-refractivity contribution in [3.05, 3.63) is 23.4 Å². The minimum atomic E-state index is -2.71. The zero-order valence-corrected chi connectivity index (χ0v) is 6.93. The van der Waals surface area contributed by atoms with Crippen LogP contribution in [0, 0.1) is 0 Å². The highest BCUT2D eigenvalue weighted by Crippen LogP contribution is 2.25. The number of alkyl halides is 3. The molecule has 0 bridgehead atoms. The first-order valence-electron chi connectivity index (χ1n) is 3.56. The van der Waals surface area contributed by atoms with Crippen LogP contribution in [0.2, 0.25) is 0 Å². The molecule has 13 heavy (non-hydrogen) atoms. The molecule has 0 aliphatic rings. The Kier molecular flexibility index (Phi) is 3.11. The lowest BCUT2D eigenvalue weighted by atomic mass is 10.1. The van der Waals surface area contributed by atoms with Gasteiger partial charge in [0, 0.05) is 23.4 Å². The van der Waals surface area contributed by atoms with Crippen molar-refractivity contribution in [2.75, 3.05) is 7.11 Å². The van der Waals surface area contributed by atoms with E-state index in [4.69, 9.17) is 0 Å². The van der Waals surface area contributed by atoms with Crippen LogP contribution in [0.15, 0.2) is 12.3 Å². The van der Waals surface area contributed by atoms with E-state index in [0.717, 1.165) is 12.3 Å². The van der Waals surface area contributed by atoms with Gasteiger partial charge in [-0.15, -0.1) is 0 Å². The first kappa shape index (κ1) is 9.83. The average molecular weight is 191 g/mol. The zero-order chi connectivity index (χ0) is 9.84. The van der Waals surface area contributed by atoms with Gasteiger partial charge in [0.05, 0.1) is 7.11 Å². The van der Waals surface area contributed by atoms with Crippen LogP contribution in [-0.2, 0) is 6.67 Å². The summed E-state index contributed by atoms with van der Waals surface area (Å²) < 4.78 is 41.4. The van der Waals surface area contributed by atoms with Crippen LogP contribution in [0.3, 0.4) is 0 Å². The van der Waals surface area contributed by atoms with Crippen molar-refractivity contribution in [2.45, 2.75) is 13.1 Å². The quantitative estimate of drug-likeness (QED) is 0.732. The van der Waals surface area contributed by atoms with E-state index in [1.54, 1.807) is 0 Å². The molecule has 0 radical (unpaired) electrons. The Morgan fingerprint density at radius 3 is 2.69 bits per heavy atom. The molecule has 0 fully saturated rings. The van der Waals surface area contributed by atoms with E-state index in [9.17, 15) is 13.2 Å². The second kappa shape index (κ2) is 4.11. The Bertz CT molecular complexity index is 291. The summed E-state index contributed by atoms with van der Waals surface area (Å²) in [6.07, 6.45) is -1.65. The number of methoxy groups -OCH3 is 1. The number of hydrogen-bond donors (Lipinski definition) is 0. The number of nitrogens with zero attached hydrogens (tertiary/aromatic N) is 1. The second-order valence-corrected chi connectivity index (χ2v) is 2.36. The van der Waals surface area contributed by atoms with Crippen LogP contribution in [0.25, 0.3) is 0 Å². The molecule has 0 saturated heterocycles. The monoisotopic (exact) mass is 191 g/mol. The van der Waals surface area contributed by atoms with Crippen molar-refractivity contribution in [2.24, 2.45) is 0 Å². The molecule has 1 heterocycles. The SMILES string of the molecule is COc1cc(C(F)F)c(CF)cn1. The fourth-order valence-corrected chi connectivity index (χ4v) is 0.905. The third-order valence-electron chi connectivity index (χ3n) is 1.59. The maximum atomic E-state index is 12.3. The van der Waals surface area contributed by atoms with Crippen molar-refractivity contribution in [1.82, 2.24) is 4.98 Å². The van der Waals surface area contributed by atoms with Crippen LogP contribution in [-0.4, -0.2) is 12.1 Å². The van der Waals surface area contributed by atoms with Crippen molar-refractivity contribution in [1.29, 1.82) is 0 Å². The molecule has 0 aliphatic carbocycles. The summed E-state index contributed by atoms with van der Waals surface area (Å²) in [5, 5.41) is 0. The number of ether oxygens (including phenoxy) is 1. The molecule has 0 unspecified atom stereocenters. The van der Waals surface area contributed by atoms with Gasteiger partial charge >= 0.3 is 0 Å². The van der Waals surface area contributed by atoms with E-state index in [1.807, 2.05) is 0 Å². The maximum absolute atomic E-state index is 12.3. The Morgan fingerprint density at radius 2 is 2.23 bits per heavy atom. The van der Waals surface area contributed by atoms with Gasteiger partial charge in [-0.1, -0.05) is 0 Å². The first-order chi connectivity index (χ1) is 6.19. The molecule has 5 heteroatoms. The largest absolute Gasteiger partial charge is 0.481 e. The van der Waals surface area contributed by atoms with Crippen molar-refractivity contribution < 1.29 is 17.9 Å². The predicted octanol–water partition coefficient (Wildman–Crippen LogP) is 2.50. The molecule has 1 aromatic heterocycles. The summed E-state index contributed by atoms with van der Waals surface area (Å²) in [7, 11) is 1.31. The standard InChI is InChI=1S/C8H8F3NO/c1-13-7-2-6(8(10)11)5(3-9)4-12-7/h2,4,8H,3H2,1H3. The Balaban J connectivity index is 3.10. The number of halogens is 3. The van der Waals surface area contributed by atoms with E-state index in [0.29, 0.717) is 0 Å². The predicted molar refractivity (Wildman–Crippen MR) is 40.6 cm³/mol. The van der Waals surface area contributed by atoms with Crippen LogP contribution >= 0.6 is 0 Å². The topological polar surface area (TPSA) is 22.1 Å². The lowest BCUT2D eigenvalue weighted by Crippen LogP contribution is -1.96.